The number of carbonyl (C=O) groups excluding carboxylic acids is 1. The molecule has 0 heterocycles. The third-order valence-corrected chi connectivity index (χ3v) is 3.79. The SMILES string of the molecule is NCCCN(C(=O)c1ccc(F)cc1F)C1CCCC1. The summed E-state index contributed by atoms with van der Waals surface area (Å²) in [5.41, 5.74) is 5.44. The van der Waals surface area contributed by atoms with Gasteiger partial charge in [-0.25, -0.2) is 8.78 Å². The van der Waals surface area contributed by atoms with E-state index in [0.717, 1.165) is 37.8 Å². The summed E-state index contributed by atoms with van der Waals surface area (Å²) >= 11 is 0. The Morgan fingerprint density at radius 3 is 2.60 bits per heavy atom. The van der Waals surface area contributed by atoms with E-state index in [1.807, 2.05) is 0 Å². The lowest BCUT2D eigenvalue weighted by atomic mass is 10.1. The molecule has 1 fully saturated rings. The minimum Gasteiger partial charge on any atom is -0.336 e. The van der Waals surface area contributed by atoms with Gasteiger partial charge in [0.2, 0.25) is 0 Å². The number of carbonyl (C=O) groups is 1. The van der Waals surface area contributed by atoms with E-state index in [1.165, 1.54) is 6.07 Å². The van der Waals surface area contributed by atoms with E-state index in [1.54, 1.807) is 4.90 Å². The van der Waals surface area contributed by atoms with Gasteiger partial charge in [0.25, 0.3) is 5.91 Å². The van der Waals surface area contributed by atoms with E-state index in [0.29, 0.717) is 19.5 Å². The summed E-state index contributed by atoms with van der Waals surface area (Å²) in [5, 5.41) is 0. The molecule has 0 aromatic heterocycles. The van der Waals surface area contributed by atoms with E-state index in [4.69, 9.17) is 5.73 Å². The molecule has 1 saturated carbocycles. The van der Waals surface area contributed by atoms with E-state index in [2.05, 4.69) is 0 Å². The van der Waals surface area contributed by atoms with Crippen LogP contribution in [0.1, 0.15) is 42.5 Å². The summed E-state index contributed by atoms with van der Waals surface area (Å²) in [6, 6.07) is 3.24. The van der Waals surface area contributed by atoms with Gasteiger partial charge in [-0.1, -0.05) is 12.8 Å². The van der Waals surface area contributed by atoms with Crippen LogP contribution >= 0.6 is 0 Å². The summed E-state index contributed by atoms with van der Waals surface area (Å²) in [7, 11) is 0. The van der Waals surface area contributed by atoms with Crippen LogP contribution in [-0.4, -0.2) is 29.9 Å². The van der Waals surface area contributed by atoms with Crippen molar-refractivity contribution >= 4 is 5.91 Å². The Morgan fingerprint density at radius 2 is 2.00 bits per heavy atom. The molecule has 0 radical (unpaired) electrons. The Hall–Kier alpha value is -1.49. The lowest BCUT2D eigenvalue weighted by Gasteiger charge is -2.29. The van der Waals surface area contributed by atoms with Crippen LogP contribution in [0.25, 0.3) is 0 Å². The van der Waals surface area contributed by atoms with Crippen molar-refractivity contribution in [2.45, 2.75) is 38.1 Å². The van der Waals surface area contributed by atoms with Crippen LogP contribution in [0, 0.1) is 11.6 Å². The summed E-state index contributed by atoms with van der Waals surface area (Å²) in [6.45, 7) is 1.01. The molecule has 0 bridgehead atoms. The van der Waals surface area contributed by atoms with Gasteiger partial charge in [-0.2, -0.15) is 0 Å². The fourth-order valence-electron chi connectivity index (χ4n) is 2.75. The van der Waals surface area contributed by atoms with Gasteiger partial charge in [-0.05, 0) is 37.9 Å². The summed E-state index contributed by atoms with van der Waals surface area (Å²) < 4.78 is 26.7. The second kappa shape index (κ2) is 6.79. The molecule has 0 saturated heterocycles. The van der Waals surface area contributed by atoms with Crippen molar-refractivity contribution in [1.29, 1.82) is 0 Å². The second-order valence-corrected chi connectivity index (χ2v) is 5.20. The van der Waals surface area contributed by atoms with E-state index in [9.17, 15) is 13.6 Å². The number of halogens is 2. The van der Waals surface area contributed by atoms with Gasteiger partial charge >= 0.3 is 0 Å². The fraction of sp³-hybridized carbons (Fsp3) is 0.533. The number of hydrogen-bond acceptors (Lipinski definition) is 2. The van der Waals surface area contributed by atoms with Crippen molar-refractivity contribution < 1.29 is 13.6 Å². The third-order valence-electron chi connectivity index (χ3n) is 3.79. The van der Waals surface area contributed by atoms with Crippen LogP contribution in [0.5, 0.6) is 0 Å². The van der Waals surface area contributed by atoms with Gasteiger partial charge in [0.05, 0.1) is 5.56 Å². The second-order valence-electron chi connectivity index (χ2n) is 5.20. The average molecular weight is 282 g/mol. The molecule has 2 N–H and O–H groups in total. The molecule has 1 amide bonds. The third kappa shape index (κ3) is 3.33. The minimum absolute atomic E-state index is 0.0599. The molecule has 110 valence electrons. The number of hydrogen-bond donors (Lipinski definition) is 1. The highest BCUT2D eigenvalue weighted by atomic mass is 19.1. The summed E-state index contributed by atoms with van der Waals surface area (Å²) in [6.07, 6.45) is 4.75. The highest BCUT2D eigenvalue weighted by molar-refractivity contribution is 5.94. The van der Waals surface area contributed by atoms with Gasteiger partial charge in [-0.15, -0.1) is 0 Å². The first-order valence-electron chi connectivity index (χ1n) is 7.09. The maximum absolute atomic E-state index is 13.8. The van der Waals surface area contributed by atoms with Crippen molar-refractivity contribution in [3.05, 3.63) is 35.4 Å². The van der Waals surface area contributed by atoms with Crippen LogP contribution in [0.15, 0.2) is 18.2 Å². The van der Waals surface area contributed by atoms with Gasteiger partial charge in [0.1, 0.15) is 11.6 Å². The standard InChI is InChI=1S/C15H20F2N2O/c16-11-6-7-13(14(17)10-11)15(20)19(9-3-8-18)12-4-1-2-5-12/h6-7,10,12H,1-5,8-9,18H2. The largest absolute Gasteiger partial charge is 0.336 e. The van der Waals surface area contributed by atoms with Crippen molar-refractivity contribution in [2.75, 3.05) is 13.1 Å². The quantitative estimate of drug-likeness (QED) is 0.902. The molecule has 1 aliphatic carbocycles. The molecule has 1 aromatic carbocycles. The predicted molar refractivity (Wildman–Crippen MR) is 73.3 cm³/mol. The van der Waals surface area contributed by atoms with E-state index < -0.39 is 11.6 Å². The first-order chi connectivity index (χ1) is 9.63. The lowest BCUT2D eigenvalue weighted by molar-refractivity contribution is 0.0675. The lowest BCUT2D eigenvalue weighted by Crippen LogP contribution is -2.40. The van der Waals surface area contributed by atoms with Gasteiger partial charge < -0.3 is 10.6 Å². The zero-order chi connectivity index (χ0) is 14.5. The molecule has 5 heteroatoms. The minimum atomic E-state index is -0.800. The van der Waals surface area contributed by atoms with Crippen molar-refractivity contribution in [1.82, 2.24) is 4.90 Å². The first kappa shape index (κ1) is 14.9. The Bertz CT molecular complexity index is 473. The highest BCUT2D eigenvalue weighted by Crippen LogP contribution is 2.25. The fourth-order valence-corrected chi connectivity index (χ4v) is 2.75. The number of amides is 1. The van der Waals surface area contributed by atoms with E-state index in [-0.39, 0.29) is 17.5 Å². The molecule has 0 aliphatic heterocycles. The van der Waals surface area contributed by atoms with Gasteiger partial charge in [0.15, 0.2) is 0 Å². The zero-order valence-electron chi connectivity index (χ0n) is 11.4. The summed E-state index contributed by atoms with van der Waals surface area (Å²) in [4.78, 5) is 14.2. The zero-order valence-corrected chi connectivity index (χ0v) is 11.4. The van der Waals surface area contributed by atoms with Crippen molar-refractivity contribution in [3.63, 3.8) is 0 Å². The maximum atomic E-state index is 13.8. The highest BCUT2D eigenvalue weighted by Gasteiger charge is 2.28. The molecule has 0 spiro atoms. The van der Waals surface area contributed by atoms with Crippen molar-refractivity contribution in [2.24, 2.45) is 5.73 Å². The van der Waals surface area contributed by atoms with Gasteiger partial charge in [0, 0.05) is 18.7 Å². The average Bonchev–Trinajstić information content (AvgIpc) is 2.93. The van der Waals surface area contributed by atoms with Crippen LogP contribution in [-0.2, 0) is 0 Å². The number of nitrogens with two attached hydrogens (primary N) is 1. The Morgan fingerprint density at radius 1 is 1.30 bits per heavy atom. The molecule has 1 aliphatic rings. The van der Waals surface area contributed by atoms with Gasteiger partial charge in [-0.3, -0.25) is 4.79 Å². The summed E-state index contributed by atoms with van der Waals surface area (Å²) in [5.74, 6) is -1.83. The van der Waals surface area contributed by atoms with Crippen LogP contribution in [0.3, 0.4) is 0 Å². The normalized spacial score (nSPS) is 15.6. The molecular weight excluding hydrogens is 262 g/mol. The van der Waals surface area contributed by atoms with Crippen LogP contribution < -0.4 is 5.73 Å². The molecule has 2 rings (SSSR count). The topological polar surface area (TPSA) is 46.3 Å². The Labute approximate surface area is 117 Å². The van der Waals surface area contributed by atoms with E-state index >= 15 is 0 Å². The van der Waals surface area contributed by atoms with Crippen LogP contribution in [0.2, 0.25) is 0 Å². The first-order valence-corrected chi connectivity index (χ1v) is 7.09. The monoisotopic (exact) mass is 282 g/mol. The van der Waals surface area contributed by atoms with Crippen molar-refractivity contribution in [3.8, 4) is 0 Å². The number of rotatable bonds is 5. The molecule has 1 aromatic rings. The van der Waals surface area contributed by atoms with Crippen LogP contribution in [0.4, 0.5) is 8.78 Å². The molecule has 20 heavy (non-hydrogen) atoms. The molecule has 0 unspecified atom stereocenters. The number of benzene rings is 1. The molecular formula is C15H20F2N2O. The maximum Gasteiger partial charge on any atom is 0.257 e. The molecule has 3 nitrogen and oxygen atoms in total. The Balaban J connectivity index is 2.20. The predicted octanol–water partition coefficient (Wildman–Crippen LogP) is 2.70. The Kier molecular flexibility index (Phi) is 5.06. The molecule has 0 atom stereocenters. The number of nitrogens with zero attached hydrogens (tertiary/aromatic N) is 1. The smallest absolute Gasteiger partial charge is 0.257 e.